The summed E-state index contributed by atoms with van der Waals surface area (Å²) >= 11 is 0. The molecule has 0 saturated heterocycles. The van der Waals surface area contributed by atoms with Gasteiger partial charge >= 0.3 is 0 Å². The van der Waals surface area contributed by atoms with Crippen LogP contribution in [0.25, 0.3) is 0 Å². The molecular formula is C15H26O4. The summed E-state index contributed by atoms with van der Waals surface area (Å²) in [5, 5.41) is 39.0. The Balaban J connectivity index is 2.43. The first-order valence-electron chi connectivity index (χ1n) is 7.18. The highest BCUT2D eigenvalue weighted by Gasteiger charge is 2.45. The lowest BCUT2D eigenvalue weighted by Gasteiger charge is -2.25. The minimum absolute atomic E-state index is 0.109. The predicted octanol–water partition coefficient (Wildman–Crippen LogP) is 0.693. The van der Waals surface area contributed by atoms with Gasteiger partial charge in [-0.15, -0.1) is 0 Å². The Kier molecular flexibility index (Phi) is 4.35. The van der Waals surface area contributed by atoms with Gasteiger partial charge in [0.2, 0.25) is 0 Å². The molecule has 0 bridgehead atoms. The molecule has 0 heterocycles. The molecule has 110 valence electrons. The van der Waals surface area contributed by atoms with Crippen LogP contribution in [0.3, 0.4) is 0 Å². The molecule has 0 radical (unpaired) electrons. The molecule has 1 saturated carbocycles. The van der Waals surface area contributed by atoms with Gasteiger partial charge in [-0.2, -0.15) is 0 Å². The van der Waals surface area contributed by atoms with Crippen molar-refractivity contribution in [3.05, 3.63) is 11.1 Å². The third-order valence-corrected chi connectivity index (χ3v) is 5.15. The van der Waals surface area contributed by atoms with Crippen LogP contribution in [0.2, 0.25) is 0 Å². The third kappa shape index (κ3) is 2.59. The zero-order valence-electron chi connectivity index (χ0n) is 11.8. The maximum atomic E-state index is 10.2. The normalized spacial score (nSPS) is 43.3. The van der Waals surface area contributed by atoms with Crippen LogP contribution < -0.4 is 0 Å². The highest BCUT2D eigenvalue weighted by Crippen LogP contribution is 2.52. The smallest absolute Gasteiger partial charge is 0.0649 e. The molecule has 0 aliphatic heterocycles. The van der Waals surface area contributed by atoms with Crippen molar-refractivity contribution >= 4 is 0 Å². The quantitative estimate of drug-likeness (QED) is 0.569. The maximum absolute atomic E-state index is 10.2. The Labute approximate surface area is 114 Å². The van der Waals surface area contributed by atoms with Crippen LogP contribution in [-0.2, 0) is 0 Å². The summed E-state index contributed by atoms with van der Waals surface area (Å²) in [7, 11) is 0. The van der Waals surface area contributed by atoms with Crippen LogP contribution in [0.15, 0.2) is 11.1 Å². The number of hydrogen-bond acceptors (Lipinski definition) is 4. The van der Waals surface area contributed by atoms with Gasteiger partial charge in [0, 0.05) is 12.5 Å². The van der Waals surface area contributed by atoms with Crippen LogP contribution in [0.4, 0.5) is 0 Å². The summed E-state index contributed by atoms with van der Waals surface area (Å²) in [6.07, 6.45) is 1.72. The summed E-state index contributed by atoms with van der Waals surface area (Å²) < 4.78 is 0. The zero-order valence-corrected chi connectivity index (χ0v) is 11.8. The van der Waals surface area contributed by atoms with Crippen LogP contribution >= 0.6 is 0 Å². The van der Waals surface area contributed by atoms with E-state index in [-0.39, 0.29) is 31.2 Å². The number of allylic oxidation sites excluding steroid dienone is 1. The fourth-order valence-corrected chi connectivity index (χ4v) is 3.96. The first-order valence-corrected chi connectivity index (χ1v) is 7.18. The standard InChI is InChI=1S/C15H26O4/c1-9-3-14(19)13(7-17)12(6-16)11-5-15(2,8-18)4-10(9)11/h9-10,13-14,16-19H,3-8H2,1-2H3. The molecule has 0 aromatic carbocycles. The Bertz CT molecular complexity index is 365. The Morgan fingerprint density at radius 1 is 1.26 bits per heavy atom. The fourth-order valence-electron chi connectivity index (χ4n) is 3.96. The molecule has 4 heteroatoms. The van der Waals surface area contributed by atoms with Crippen molar-refractivity contribution in [2.75, 3.05) is 19.8 Å². The number of rotatable bonds is 3. The van der Waals surface area contributed by atoms with Gasteiger partial charge in [0.05, 0.1) is 19.3 Å². The minimum Gasteiger partial charge on any atom is -0.396 e. The molecule has 4 nitrogen and oxygen atoms in total. The summed E-state index contributed by atoms with van der Waals surface area (Å²) in [5.74, 6) is 0.274. The summed E-state index contributed by atoms with van der Waals surface area (Å²) in [6.45, 7) is 4.09. The van der Waals surface area contributed by atoms with Gasteiger partial charge in [-0.1, -0.05) is 19.4 Å². The first kappa shape index (κ1) is 15.0. The number of fused-ring (bicyclic) bond motifs is 1. The second-order valence-corrected chi connectivity index (χ2v) is 6.73. The Morgan fingerprint density at radius 3 is 2.47 bits per heavy atom. The molecule has 2 aliphatic rings. The van der Waals surface area contributed by atoms with Gasteiger partial charge < -0.3 is 20.4 Å². The van der Waals surface area contributed by atoms with E-state index >= 15 is 0 Å². The van der Waals surface area contributed by atoms with Crippen molar-refractivity contribution in [1.29, 1.82) is 0 Å². The van der Waals surface area contributed by atoms with Crippen molar-refractivity contribution < 1.29 is 20.4 Å². The topological polar surface area (TPSA) is 80.9 Å². The van der Waals surface area contributed by atoms with Gasteiger partial charge in [0.1, 0.15) is 0 Å². The van der Waals surface area contributed by atoms with E-state index in [1.54, 1.807) is 0 Å². The molecule has 1 fully saturated rings. The third-order valence-electron chi connectivity index (χ3n) is 5.15. The van der Waals surface area contributed by atoms with Crippen LogP contribution in [-0.4, -0.2) is 46.4 Å². The van der Waals surface area contributed by atoms with E-state index in [0.717, 1.165) is 18.4 Å². The zero-order chi connectivity index (χ0) is 14.2. The van der Waals surface area contributed by atoms with E-state index in [2.05, 4.69) is 13.8 Å². The van der Waals surface area contributed by atoms with Gasteiger partial charge in [0.25, 0.3) is 0 Å². The molecule has 4 N–H and O–H groups in total. The van der Waals surface area contributed by atoms with Crippen LogP contribution in [0, 0.1) is 23.2 Å². The lowest BCUT2D eigenvalue weighted by molar-refractivity contribution is 0.0593. The molecule has 2 aliphatic carbocycles. The second-order valence-electron chi connectivity index (χ2n) is 6.73. The van der Waals surface area contributed by atoms with E-state index in [1.165, 1.54) is 5.57 Å². The minimum atomic E-state index is -0.583. The molecule has 19 heavy (non-hydrogen) atoms. The highest BCUT2D eigenvalue weighted by molar-refractivity contribution is 5.29. The van der Waals surface area contributed by atoms with Crippen LogP contribution in [0.5, 0.6) is 0 Å². The predicted molar refractivity (Wildman–Crippen MR) is 72.4 cm³/mol. The monoisotopic (exact) mass is 270 g/mol. The number of aliphatic hydroxyl groups is 4. The number of hydrogen-bond donors (Lipinski definition) is 4. The summed E-state index contributed by atoms with van der Waals surface area (Å²) in [4.78, 5) is 0. The SMILES string of the molecule is CC1CC(O)C(CO)C(CO)=C2CC(C)(CO)CC21. The van der Waals surface area contributed by atoms with Crippen molar-refractivity contribution in [2.45, 2.75) is 39.2 Å². The van der Waals surface area contributed by atoms with Gasteiger partial charge in [-0.05, 0) is 42.1 Å². The van der Waals surface area contributed by atoms with E-state index in [0.29, 0.717) is 18.3 Å². The molecular weight excluding hydrogens is 244 g/mol. The number of aliphatic hydroxyl groups excluding tert-OH is 4. The molecule has 0 aromatic rings. The van der Waals surface area contributed by atoms with Crippen molar-refractivity contribution in [1.82, 2.24) is 0 Å². The van der Waals surface area contributed by atoms with E-state index in [9.17, 15) is 20.4 Å². The first-order chi connectivity index (χ1) is 8.95. The average molecular weight is 270 g/mol. The van der Waals surface area contributed by atoms with Gasteiger partial charge in [-0.25, -0.2) is 0 Å². The Hall–Kier alpha value is -0.420. The second kappa shape index (κ2) is 5.52. The van der Waals surface area contributed by atoms with E-state index < -0.39 is 6.10 Å². The average Bonchev–Trinajstić information content (AvgIpc) is 2.70. The molecule has 0 aromatic heterocycles. The molecule has 2 rings (SSSR count). The molecule has 0 amide bonds. The summed E-state index contributed by atoms with van der Waals surface area (Å²) in [6, 6.07) is 0. The molecule has 5 atom stereocenters. The van der Waals surface area contributed by atoms with Crippen LogP contribution in [0.1, 0.15) is 33.1 Å². The highest BCUT2D eigenvalue weighted by atomic mass is 16.3. The Morgan fingerprint density at radius 2 is 1.95 bits per heavy atom. The maximum Gasteiger partial charge on any atom is 0.0649 e. The van der Waals surface area contributed by atoms with Crippen molar-refractivity contribution in [2.24, 2.45) is 23.2 Å². The van der Waals surface area contributed by atoms with E-state index in [1.807, 2.05) is 0 Å². The van der Waals surface area contributed by atoms with E-state index in [4.69, 9.17) is 0 Å². The molecule has 5 unspecified atom stereocenters. The largest absolute Gasteiger partial charge is 0.396 e. The van der Waals surface area contributed by atoms with Crippen molar-refractivity contribution in [3.63, 3.8) is 0 Å². The lowest BCUT2D eigenvalue weighted by Crippen LogP contribution is -2.28. The van der Waals surface area contributed by atoms with Crippen molar-refractivity contribution in [3.8, 4) is 0 Å². The fraction of sp³-hybridized carbons (Fsp3) is 0.867. The van der Waals surface area contributed by atoms with Gasteiger partial charge in [-0.3, -0.25) is 0 Å². The lowest BCUT2D eigenvalue weighted by atomic mass is 9.83. The van der Waals surface area contributed by atoms with Gasteiger partial charge in [0.15, 0.2) is 0 Å². The molecule has 0 spiro atoms. The summed E-state index contributed by atoms with van der Waals surface area (Å²) in [5.41, 5.74) is 1.85.